The zero-order valence-electron chi connectivity index (χ0n) is 11.7. The molecule has 0 aliphatic rings. The van der Waals surface area contributed by atoms with E-state index in [2.05, 4.69) is 15.0 Å². The normalized spacial score (nSPS) is 12.0. The second-order valence-electron chi connectivity index (χ2n) is 4.41. The Morgan fingerprint density at radius 1 is 1.19 bits per heavy atom. The van der Waals surface area contributed by atoms with E-state index in [4.69, 9.17) is 4.74 Å². The Kier molecular flexibility index (Phi) is 4.92. The second-order valence-corrected chi connectivity index (χ2v) is 4.41. The van der Waals surface area contributed by atoms with Gasteiger partial charge in [-0.25, -0.2) is 4.98 Å². The summed E-state index contributed by atoms with van der Waals surface area (Å²) >= 11 is 0. The van der Waals surface area contributed by atoms with Crippen molar-refractivity contribution in [2.75, 3.05) is 12.4 Å². The maximum atomic E-state index is 12.2. The molecular formula is C15H16F2N2O2. The molecule has 0 fully saturated rings. The first-order valence-electron chi connectivity index (χ1n) is 6.40. The topological polar surface area (TPSA) is 43.4 Å². The van der Waals surface area contributed by atoms with Crippen molar-refractivity contribution in [3.63, 3.8) is 0 Å². The average molecular weight is 294 g/mol. The third-order valence-electron chi connectivity index (χ3n) is 2.91. The van der Waals surface area contributed by atoms with Crippen LogP contribution in [0.15, 0.2) is 42.6 Å². The Bertz CT molecular complexity index is 576. The lowest BCUT2D eigenvalue weighted by Crippen LogP contribution is -2.08. The highest BCUT2D eigenvalue weighted by Crippen LogP contribution is 2.24. The van der Waals surface area contributed by atoms with E-state index in [-0.39, 0.29) is 11.8 Å². The summed E-state index contributed by atoms with van der Waals surface area (Å²) in [6.45, 7) is -0.902. The second kappa shape index (κ2) is 6.88. The third kappa shape index (κ3) is 4.30. The molecule has 0 aliphatic heterocycles. The molecule has 1 unspecified atom stereocenters. The molecule has 21 heavy (non-hydrogen) atoms. The van der Waals surface area contributed by atoms with E-state index in [9.17, 15) is 8.78 Å². The minimum absolute atomic E-state index is 0.0820. The van der Waals surface area contributed by atoms with Crippen LogP contribution in [0.25, 0.3) is 0 Å². The summed E-state index contributed by atoms with van der Waals surface area (Å²) in [5.41, 5.74) is 1.65. The molecule has 0 saturated carbocycles. The highest BCUT2D eigenvalue weighted by Gasteiger charge is 2.09. The van der Waals surface area contributed by atoms with Crippen molar-refractivity contribution in [3.05, 3.63) is 48.2 Å². The monoisotopic (exact) mass is 294 g/mol. The molecule has 2 aromatic rings. The summed E-state index contributed by atoms with van der Waals surface area (Å²) in [5, 5.41) is 3.23. The van der Waals surface area contributed by atoms with E-state index in [0.717, 1.165) is 11.3 Å². The van der Waals surface area contributed by atoms with Gasteiger partial charge in [-0.2, -0.15) is 8.78 Å². The Hall–Kier alpha value is -2.37. The smallest absolute Gasteiger partial charge is 0.387 e. The van der Waals surface area contributed by atoms with Gasteiger partial charge in [0, 0.05) is 12.1 Å². The van der Waals surface area contributed by atoms with Gasteiger partial charge in [-0.3, -0.25) is 0 Å². The predicted molar refractivity (Wildman–Crippen MR) is 75.9 cm³/mol. The summed E-state index contributed by atoms with van der Waals surface area (Å²) in [7, 11) is 1.55. The molecule has 1 N–H and O–H groups in total. The number of ether oxygens (including phenoxy) is 2. The van der Waals surface area contributed by atoms with E-state index < -0.39 is 6.61 Å². The first-order valence-corrected chi connectivity index (χ1v) is 6.40. The number of halogens is 2. The first kappa shape index (κ1) is 15.0. The molecule has 112 valence electrons. The summed E-state index contributed by atoms with van der Waals surface area (Å²) < 4.78 is 33.8. The van der Waals surface area contributed by atoms with Gasteiger partial charge in [0.1, 0.15) is 5.75 Å². The van der Waals surface area contributed by atoms with Crippen molar-refractivity contribution in [3.8, 4) is 11.6 Å². The number of nitrogens with zero attached hydrogens (tertiary/aromatic N) is 1. The standard InChI is InChI=1S/C15H16F2N2O2/c1-10(19-12-6-7-14(20-2)18-9-12)11-4-3-5-13(8-11)21-15(16)17/h3-10,15,19H,1-2H3. The summed E-state index contributed by atoms with van der Waals surface area (Å²) in [6.07, 6.45) is 1.65. The van der Waals surface area contributed by atoms with Crippen molar-refractivity contribution in [1.29, 1.82) is 0 Å². The van der Waals surface area contributed by atoms with Crippen molar-refractivity contribution >= 4 is 5.69 Å². The number of aromatic nitrogens is 1. The molecule has 1 atom stereocenters. The fraction of sp³-hybridized carbons (Fsp3) is 0.267. The van der Waals surface area contributed by atoms with Gasteiger partial charge in [-0.15, -0.1) is 0 Å². The van der Waals surface area contributed by atoms with Crippen molar-refractivity contribution in [2.45, 2.75) is 19.6 Å². The fourth-order valence-electron chi connectivity index (χ4n) is 1.88. The number of hydrogen-bond donors (Lipinski definition) is 1. The largest absolute Gasteiger partial charge is 0.481 e. The fourth-order valence-corrected chi connectivity index (χ4v) is 1.88. The number of nitrogens with one attached hydrogen (secondary N) is 1. The lowest BCUT2D eigenvalue weighted by Gasteiger charge is -2.16. The highest BCUT2D eigenvalue weighted by atomic mass is 19.3. The number of methoxy groups -OCH3 is 1. The van der Waals surface area contributed by atoms with Crippen LogP contribution < -0.4 is 14.8 Å². The molecule has 0 aliphatic carbocycles. The molecule has 0 bridgehead atoms. The lowest BCUT2D eigenvalue weighted by molar-refractivity contribution is -0.0498. The summed E-state index contributed by atoms with van der Waals surface area (Å²) in [4.78, 5) is 4.09. The van der Waals surface area contributed by atoms with Gasteiger partial charge in [0.25, 0.3) is 0 Å². The van der Waals surface area contributed by atoms with Crippen LogP contribution in [0.1, 0.15) is 18.5 Å². The Morgan fingerprint density at radius 2 is 2.00 bits per heavy atom. The van der Waals surface area contributed by atoms with Crippen LogP contribution in [0.4, 0.5) is 14.5 Å². The maximum absolute atomic E-state index is 12.2. The quantitative estimate of drug-likeness (QED) is 0.878. The summed E-state index contributed by atoms with van der Waals surface area (Å²) in [6, 6.07) is 10.1. The SMILES string of the molecule is COc1ccc(NC(C)c2cccc(OC(F)F)c2)cn1. The highest BCUT2D eigenvalue weighted by molar-refractivity contribution is 5.45. The van der Waals surface area contributed by atoms with Gasteiger partial charge in [-0.1, -0.05) is 12.1 Å². The van der Waals surface area contributed by atoms with Gasteiger partial charge in [-0.05, 0) is 30.7 Å². The van der Waals surface area contributed by atoms with E-state index in [1.807, 2.05) is 19.1 Å². The van der Waals surface area contributed by atoms with Gasteiger partial charge in [0.2, 0.25) is 5.88 Å². The van der Waals surface area contributed by atoms with Crippen LogP contribution in [-0.4, -0.2) is 18.7 Å². The van der Waals surface area contributed by atoms with Crippen LogP contribution in [0.5, 0.6) is 11.6 Å². The molecule has 1 heterocycles. The Balaban J connectivity index is 2.06. The number of benzene rings is 1. The van der Waals surface area contributed by atoms with E-state index in [1.165, 1.54) is 6.07 Å². The van der Waals surface area contributed by atoms with E-state index >= 15 is 0 Å². The molecule has 0 spiro atoms. The third-order valence-corrected chi connectivity index (χ3v) is 2.91. The zero-order valence-corrected chi connectivity index (χ0v) is 11.7. The molecule has 0 radical (unpaired) electrons. The zero-order chi connectivity index (χ0) is 15.2. The molecule has 4 nitrogen and oxygen atoms in total. The number of pyridine rings is 1. The molecule has 6 heteroatoms. The van der Waals surface area contributed by atoms with Gasteiger partial charge in [0.05, 0.1) is 19.0 Å². The number of rotatable bonds is 6. The maximum Gasteiger partial charge on any atom is 0.387 e. The van der Waals surface area contributed by atoms with E-state index in [1.54, 1.807) is 31.5 Å². The van der Waals surface area contributed by atoms with Gasteiger partial charge >= 0.3 is 6.61 Å². The number of anilines is 1. The van der Waals surface area contributed by atoms with Crippen molar-refractivity contribution in [2.24, 2.45) is 0 Å². The molecule has 0 saturated heterocycles. The average Bonchev–Trinajstić information content (AvgIpc) is 2.47. The molecule has 1 aromatic carbocycles. The number of alkyl halides is 2. The van der Waals surface area contributed by atoms with E-state index in [0.29, 0.717) is 5.88 Å². The molecule has 1 aromatic heterocycles. The van der Waals surface area contributed by atoms with Crippen LogP contribution in [-0.2, 0) is 0 Å². The van der Waals surface area contributed by atoms with Crippen LogP contribution >= 0.6 is 0 Å². The molecule has 0 amide bonds. The van der Waals surface area contributed by atoms with Crippen molar-refractivity contribution < 1.29 is 18.3 Å². The lowest BCUT2D eigenvalue weighted by atomic mass is 10.1. The van der Waals surface area contributed by atoms with Crippen LogP contribution in [0, 0.1) is 0 Å². The van der Waals surface area contributed by atoms with Gasteiger partial charge < -0.3 is 14.8 Å². The van der Waals surface area contributed by atoms with Crippen molar-refractivity contribution in [1.82, 2.24) is 4.98 Å². The predicted octanol–water partition coefficient (Wildman–Crippen LogP) is 3.86. The Morgan fingerprint density at radius 3 is 2.62 bits per heavy atom. The minimum atomic E-state index is -2.82. The summed E-state index contributed by atoms with van der Waals surface area (Å²) in [5.74, 6) is 0.671. The number of hydrogen-bond acceptors (Lipinski definition) is 4. The van der Waals surface area contributed by atoms with Gasteiger partial charge in [0.15, 0.2) is 0 Å². The first-order chi connectivity index (χ1) is 10.1. The van der Waals surface area contributed by atoms with Crippen LogP contribution in [0.2, 0.25) is 0 Å². The molecular weight excluding hydrogens is 278 g/mol. The molecule has 2 rings (SSSR count). The van der Waals surface area contributed by atoms with Crippen LogP contribution in [0.3, 0.4) is 0 Å². The Labute approximate surface area is 121 Å². The minimum Gasteiger partial charge on any atom is -0.481 e.